The van der Waals surface area contributed by atoms with Crippen molar-refractivity contribution < 1.29 is 9.05 Å². The molecular formula is C9H12ClO2PS3. The first kappa shape index (κ1) is 14.8. The van der Waals surface area contributed by atoms with E-state index >= 15 is 0 Å². The molecule has 16 heavy (non-hydrogen) atoms. The third-order valence-electron chi connectivity index (χ3n) is 1.63. The van der Waals surface area contributed by atoms with Crippen LogP contribution in [0.1, 0.15) is 0 Å². The Morgan fingerprint density at radius 2 is 2.00 bits per heavy atom. The number of rotatable bonds is 6. The number of benzene rings is 1. The molecule has 0 aliphatic carbocycles. The van der Waals surface area contributed by atoms with E-state index in [-0.39, 0.29) is 0 Å². The summed E-state index contributed by atoms with van der Waals surface area (Å²) >= 11 is 14.1. The summed E-state index contributed by atoms with van der Waals surface area (Å²) in [5.41, 5.74) is -2.28. The predicted octanol–water partition coefficient (Wildman–Crippen LogP) is 4.55. The molecule has 1 rings (SSSR count). The summed E-state index contributed by atoms with van der Waals surface area (Å²) in [4.78, 5) is 0.516. The Labute approximate surface area is 114 Å². The number of thioether (sulfide) groups is 1. The van der Waals surface area contributed by atoms with Crippen molar-refractivity contribution in [2.24, 2.45) is 0 Å². The summed E-state index contributed by atoms with van der Waals surface area (Å²) in [6.07, 6.45) is 1.86. The minimum Gasteiger partial charge on any atom is -0.325 e. The van der Waals surface area contributed by atoms with Crippen molar-refractivity contribution in [3.63, 3.8) is 0 Å². The number of hydrogen-bond acceptors (Lipinski definition) is 5. The molecule has 0 saturated carbocycles. The zero-order chi connectivity index (χ0) is 12.0. The molecule has 7 heteroatoms. The highest BCUT2D eigenvalue weighted by Crippen LogP contribution is 2.61. The van der Waals surface area contributed by atoms with Gasteiger partial charge in [0.15, 0.2) is 4.90 Å². The van der Waals surface area contributed by atoms with Gasteiger partial charge in [0, 0.05) is 12.0 Å². The monoisotopic (exact) mass is 314 g/mol. The van der Waals surface area contributed by atoms with Gasteiger partial charge in [-0.05, 0) is 30.2 Å². The largest absolute Gasteiger partial charge is 0.325 e. The number of halogens is 1. The van der Waals surface area contributed by atoms with Gasteiger partial charge in [-0.25, -0.2) is 0 Å². The van der Waals surface area contributed by atoms with Crippen LogP contribution in [0, 0.1) is 0 Å². The molecule has 0 radical (unpaired) electrons. The second-order valence-corrected chi connectivity index (χ2v) is 10.9. The minimum atomic E-state index is -2.28. The van der Waals surface area contributed by atoms with E-state index in [0.717, 1.165) is 4.90 Å². The Balaban J connectivity index is 2.54. The van der Waals surface area contributed by atoms with Crippen molar-refractivity contribution in [1.82, 2.24) is 0 Å². The van der Waals surface area contributed by atoms with Gasteiger partial charge in [-0.2, -0.15) is 0 Å². The van der Waals surface area contributed by atoms with E-state index in [4.69, 9.17) is 32.5 Å². The minimum absolute atomic E-state index is 0.527. The molecule has 2 nitrogen and oxygen atoms in total. The first-order valence-corrected chi connectivity index (χ1v) is 10.1. The Morgan fingerprint density at radius 1 is 1.38 bits per heavy atom. The molecule has 1 aromatic rings. The number of alkyl halides is 1. The quantitative estimate of drug-likeness (QED) is 0.331. The predicted molar refractivity (Wildman–Crippen MR) is 77.8 cm³/mol. The highest BCUT2D eigenvalue weighted by atomic mass is 35.5. The van der Waals surface area contributed by atoms with Crippen LogP contribution in [0.2, 0.25) is 0 Å². The fraction of sp³-hybridized carbons (Fsp3) is 0.333. The fourth-order valence-electron chi connectivity index (χ4n) is 0.890. The van der Waals surface area contributed by atoms with Gasteiger partial charge in [0.25, 0.3) is 0 Å². The van der Waals surface area contributed by atoms with Gasteiger partial charge >= 0.3 is 0 Å². The molecule has 0 spiro atoms. The molecule has 0 aromatic heterocycles. The molecule has 0 fully saturated rings. The molecule has 0 bridgehead atoms. The van der Waals surface area contributed by atoms with Crippen LogP contribution in [-0.2, 0) is 20.9 Å². The van der Waals surface area contributed by atoms with Crippen molar-refractivity contribution in [2.75, 3.05) is 13.4 Å². The summed E-state index contributed by atoms with van der Waals surface area (Å²) in [5.74, 6) is 0. The van der Waals surface area contributed by atoms with Gasteiger partial charge in [-0.15, -0.1) is 0 Å². The lowest BCUT2D eigenvalue weighted by Gasteiger charge is -2.20. The highest BCUT2D eigenvalue weighted by Gasteiger charge is 2.21. The van der Waals surface area contributed by atoms with Gasteiger partial charge in [0.05, 0.1) is 0 Å². The van der Waals surface area contributed by atoms with Crippen molar-refractivity contribution in [2.45, 2.75) is 9.79 Å². The maximum absolute atomic E-state index is 6.07. The molecule has 2 atom stereocenters. The third-order valence-corrected chi connectivity index (χ3v) is 8.54. The van der Waals surface area contributed by atoms with E-state index in [0.29, 0.717) is 0 Å². The molecule has 0 amide bonds. The summed E-state index contributed by atoms with van der Waals surface area (Å²) in [5, 5.41) is 0. The van der Waals surface area contributed by atoms with Crippen LogP contribution in [0.25, 0.3) is 0 Å². The average Bonchev–Trinajstić information content (AvgIpc) is 2.30. The Morgan fingerprint density at radius 3 is 2.50 bits per heavy atom. The van der Waals surface area contributed by atoms with E-state index < -0.39 is 10.6 Å². The molecule has 0 N–H and O–H groups in total. The van der Waals surface area contributed by atoms with Crippen molar-refractivity contribution in [3.8, 4) is 0 Å². The van der Waals surface area contributed by atoms with Crippen molar-refractivity contribution in [3.05, 3.63) is 30.3 Å². The van der Waals surface area contributed by atoms with Gasteiger partial charge in [0.1, 0.15) is 0 Å². The molecule has 2 unspecified atom stereocenters. The van der Waals surface area contributed by atoms with Crippen LogP contribution < -0.4 is 0 Å². The van der Waals surface area contributed by atoms with Crippen LogP contribution >= 0.6 is 40.4 Å². The van der Waals surface area contributed by atoms with E-state index in [1.807, 2.05) is 36.6 Å². The zero-order valence-corrected chi connectivity index (χ0v) is 12.9. The van der Waals surface area contributed by atoms with E-state index in [9.17, 15) is 0 Å². The molecule has 0 saturated heterocycles. The molecular weight excluding hydrogens is 303 g/mol. The van der Waals surface area contributed by atoms with Gasteiger partial charge in [0.2, 0.25) is 5.69 Å². The van der Waals surface area contributed by atoms with Crippen LogP contribution in [0.15, 0.2) is 35.2 Å². The van der Waals surface area contributed by atoms with Gasteiger partial charge in [-0.3, -0.25) is 4.52 Å². The van der Waals surface area contributed by atoms with Crippen LogP contribution in [0.5, 0.6) is 0 Å². The Bertz CT molecular complexity index is 355. The molecule has 0 aliphatic rings. The molecule has 1 aromatic carbocycles. The molecule has 0 heterocycles. The summed E-state index contributed by atoms with van der Waals surface area (Å²) in [6, 6.07) is 9.80. The zero-order valence-electron chi connectivity index (χ0n) is 8.83. The summed E-state index contributed by atoms with van der Waals surface area (Å²) in [6.45, 7) is 0. The van der Waals surface area contributed by atoms with Gasteiger partial charge < -0.3 is 4.52 Å². The smallest absolute Gasteiger partial charge is 0.248 e. The van der Waals surface area contributed by atoms with Crippen molar-refractivity contribution in [1.29, 1.82) is 0 Å². The molecule has 0 aliphatic heterocycles. The lowest BCUT2D eigenvalue weighted by Crippen LogP contribution is -1.97. The second-order valence-electron chi connectivity index (χ2n) is 2.62. The standard InChI is InChI=1S/C9H12ClO2PS3/c1-11-13(14,15-2)12-9(10)16-8-6-4-3-5-7-8/h3-7,9H,1-2H3. The summed E-state index contributed by atoms with van der Waals surface area (Å²) in [7, 11) is 1.55. The Kier molecular flexibility index (Phi) is 6.74. The van der Waals surface area contributed by atoms with Crippen LogP contribution in [-0.4, -0.2) is 18.3 Å². The highest BCUT2D eigenvalue weighted by molar-refractivity contribution is 8.67. The Hall–Kier alpha value is 0.780. The fourth-order valence-corrected chi connectivity index (χ4v) is 4.96. The van der Waals surface area contributed by atoms with E-state index in [1.54, 1.807) is 7.11 Å². The lowest BCUT2D eigenvalue weighted by atomic mass is 10.4. The van der Waals surface area contributed by atoms with Crippen LogP contribution in [0.4, 0.5) is 0 Å². The average molecular weight is 315 g/mol. The third kappa shape index (κ3) is 4.96. The first-order chi connectivity index (χ1) is 7.59. The maximum atomic E-state index is 6.07. The van der Waals surface area contributed by atoms with Gasteiger partial charge in [-0.1, -0.05) is 52.9 Å². The first-order valence-electron chi connectivity index (χ1n) is 4.35. The summed E-state index contributed by atoms with van der Waals surface area (Å²) < 4.78 is 10.7. The maximum Gasteiger partial charge on any atom is 0.248 e. The van der Waals surface area contributed by atoms with Crippen LogP contribution in [0.3, 0.4) is 0 Å². The lowest BCUT2D eigenvalue weighted by molar-refractivity contribution is 0.322. The number of hydrogen-bond donors (Lipinski definition) is 0. The van der Waals surface area contributed by atoms with E-state index in [2.05, 4.69) is 0 Å². The molecule has 90 valence electrons. The normalized spacial score (nSPS) is 16.7. The van der Waals surface area contributed by atoms with E-state index in [1.165, 1.54) is 23.1 Å². The van der Waals surface area contributed by atoms with Crippen molar-refractivity contribution >= 4 is 52.2 Å². The SMILES string of the molecule is COP(=S)(OC(Cl)Sc1ccccc1)SC. The topological polar surface area (TPSA) is 18.5 Å². The second kappa shape index (κ2) is 7.27.